The molecule has 1 amide bonds. The number of carbonyl (C=O) groups excluding carboxylic acids is 1. The lowest BCUT2D eigenvalue weighted by molar-refractivity contribution is 0.0996. The third-order valence-corrected chi connectivity index (χ3v) is 4.62. The summed E-state index contributed by atoms with van der Waals surface area (Å²) in [5.41, 5.74) is 1.74. The monoisotopic (exact) mass is 414 g/mol. The first kappa shape index (κ1) is 23.5. The molecular formula is C23H34N4O3. The second-order valence-corrected chi connectivity index (χ2v) is 7.71. The van der Waals surface area contributed by atoms with E-state index in [1.54, 1.807) is 12.1 Å². The van der Waals surface area contributed by atoms with E-state index >= 15 is 0 Å². The lowest BCUT2D eigenvalue weighted by Crippen LogP contribution is -2.40. The molecule has 2 aromatic rings. The maximum absolute atomic E-state index is 12.0. The fourth-order valence-electron chi connectivity index (χ4n) is 3.20. The van der Waals surface area contributed by atoms with E-state index in [0.29, 0.717) is 24.1 Å². The highest BCUT2D eigenvalue weighted by Gasteiger charge is 2.11. The van der Waals surface area contributed by atoms with E-state index < -0.39 is 0 Å². The van der Waals surface area contributed by atoms with Crippen molar-refractivity contribution >= 4 is 17.6 Å². The molecule has 2 rings (SSSR count). The number of amides is 1. The summed E-state index contributed by atoms with van der Waals surface area (Å²) in [4.78, 5) is 16.7. The zero-order valence-corrected chi connectivity index (χ0v) is 18.1. The van der Waals surface area contributed by atoms with Gasteiger partial charge in [0, 0.05) is 25.4 Å². The predicted octanol–water partition coefficient (Wildman–Crippen LogP) is 3.63. The van der Waals surface area contributed by atoms with Crippen LogP contribution in [0.2, 0.25) is 0 Å². The molecule has 7 heteroatoms. The average molecular weight is 415 g/mol. The first-order chi connectivity index (χ1) is 14.5. The summed E-state index contributed by atoms with van der Waals surface area (Å²) in [7, 11) is 0. The molecule has 164 valence electrons. The van der Waals surface area contributed by atoms with Crippen LogP contribution in [0.5, 0.6) is 0 Å². The number of aliphatic imine (C=N–C) groups is 1. The Balaban J connectivity index is 1.90. The van der Waals surface area contributed by atoms with E-state index in [4.69, 9.17) is 4.42 Å². The van der Waals surface area contributed by atoms with Gasteiger partial charge in [0.2, 0.25) is 0 Å². The second kappa shape index (κ2) is 12.7. The molecular weight excluding hydrogens is 380 g/mol. The maximum atomic E-state index is 12.0. The normalized spacial score (nSPS) is 12.6. The highest BCUT2D eigenvalue weighted by Crippen LogP contribution is 2.15. The third-order valence-electron chi connectivity index (χ3n) is 4.62. The number of nitrogens with zero attached hydrogens (tertiary/aromatic N) is 1. The fraction of sp³-hybridized carbons (Fsp3) is 0.478. The molecule has 30 heavy (non-hydrogen) atoms. The maximum Gasteiger partial charge on any atom is 0.291 e. The smallest absolute Gasteiger partial charge is 0.291 e. The first-order valence-electron chi connectivity index (χ1n) is 10.6. The lowest BCUT2D eigenvalue weighted by Gasteiger charge is -2.20. The van der Waals surface area contributed by atoms with E-state index in [1.165, 1.54) is 6.26 Å². The summed E-state index contributed by atoms with van der Waals surface area (Å²) < 4.78 is 5.10. The number of carbonyl (C=O) groups is 1. The Morgan fingerprint density at radius 3 is 2.53 bits per heavy atom. The summed E-state index contributed by atoms with van der Waals surface area (Å²) in [5.74, 6) is 1.77. The van der Waals surface area contributed by atoms with E-state index in [0.717, 1.165) is 37.5 Å². The minimum absolute atomic E-state index is 0.204. The molecule has 1 aromatic carbocycles. The van der Waals surface area contributed by atoms with Crippen LogP contribution in [0.1, 0.15) is 49.7 Å². The number of rotatable bonds is 11. The number of hydrogen-bond donors (Lipinski definition) is 4. The lowest BCUT2D eigenvalue weighted by atomic mass is 9.94. The van der Waals surface area contributed by atoms with Crippen molar-refractivity contribution in [2.75, 3.05) is 25.0 Å². The van der Waals surface area contributed by atoms with Gasteiger partial charge in [-0.3, -0.25) is 4.79 Å². The largest absolute Gasteiger partial charge is 0.459 e. The van der Waals surface area contributed by atoms with Gasteiger partial charge in [0.25, 0.3) is 5.91 Å². The summed E-state index contributed by atoms with van der Waals surface area (Å²) in [6, 6.07) is 10.9. The van der Waals surface area contributed by atoms with E-state index in [9.17, 15) is 9.90 Å². The van der Waals surface area contributed by atoms with Gasteiger partial charge < -0.3 is 25.5 Å². The van der Waals surface area contributed by atoms with Gasteiger partial charge in [-0.25, -0.2) is 4.99 Å². The number of furan rings is 1. The zero-order valence-electron chi connectivity index (χ0n) is 18.1. The number of anilines is 1. The average Bonchev–Trinajstić information content (AvgIpc) is 3.26. The quantitative estimate of drug-likeness (QED) is 0.332. The zero-order chi connectivity index (χ0) is 21.8. The molecule has 0 radical (unpaired) electrons. The molecule has 0 aliphatic rings. The van der Waals surface area contributed by atoms with Gasteiger partial charge in [0.05, 0.1) is 12.8 Å². The minimum atomic E-state index is -0.275. The van der Waals surface area contributed by atoms with Gasteiger partial charge in [0.15, 0.2) is 11.7 Å². The van der Waals surface area contributed by atoms with Gasteiger partial charge in [-0.1, -0.05) is 26.0 Å². The SMILES string of the molecule is CCNC(=NCc1ccc(NC(=O)c2ccco2)cc1)NCC(CCO)CC(C)C. The topological polar surface area (TPSA) is 98.9 Å². The molecule has 1 aromatic heterocycles. The van der Waals surface area contributed by atoms with Crippen molar-refractivity contribution in [1.82, 2.24) is 10.6 Å². The van der Waals surface area contributed by atoms with E-state index in [-0.39, 0.29) is 18.3 Å². The van der Waals surface area contributed by atoms with Crippen molar-refractivity contribution in [3.63, 3.8) is 0 Å². The van der Waals surface area contributed by atoms with E-state index in [1.807, 2.05) is 31.2 Å². The first-order valence-corrected chi connectivity index (χ1v) is 10.6. The van der Waals surface area contributed by atoms with Crippen LogP contribution in [0.25, 0.3) is 0 Å². The summed E-state index contributed by atoms with van der Waals surface area (Å²) >= 11 is 0. The van der Waals surface area contributed by atoms with Gasteiger partial charge in [-0.05, 0) is 61.4 Å². The summed E-state index contributed by atoms with van der Waals surface area (Å²) in [6.45, 7) is 8.72. The van der Waals surface area contributed by atoms with E-state index in [2.05, 4.69) is 34.8 Å². The number of benzene rings is 1. The van der Waals surface area contributed by atoms with Gasteiger partial charge in [0.1, 0.15) is 0 Å². The van der Waals surface area contributed by atoms with Crippen LogP contribution in [0.4, 0.5) is 5.69 Å². The van der Waals surface area contributed by atoms with Gasteiger partial charge in [-0.2, -0.15) is 0 Å². The Morgan fingerprint density at radius 1 is 1.17 bits per heavy atom. The minimum Gasteiger partial charge on any atom is -0.459 e. The highest BCUT2D eigenvalue weighted by molar-refractivity contribution is 6.02. The molecule has 0 saturated carbocycles. The Morgan fingerprint density at radius 2 is 1.93 bits per heavy atom. The Hall–Kier alpha value is -2.80. The van der Waals surface area contributed by atoms with Crippen LogP contribution in [-0.2, 0) is 6.54 Å². The molecule has 4 N–H and O–H groups in total. The van der Waals surface area contributed by atoms with Crippen LogP contribution >= 0.6 is 0 Å². The number of guanidine groups is 1. The van der Waals surface area contributed by atoms with Crippen LogP contribution in [0, 0.1) is 11.8 Å². The van der Waals surface area contributed by atoms with Crippen molar-refractivity contribution in [3.05, 3.63) is 54.0 Å². The molecule has 0 aliphatic carbocycles. The third kappa shape index (κ3) is 8.29. The van der Waals surface area contributed by atoms with Crippen molar-refractivity contribution in [3.8, 4) is 0 Å². The molecule has 0 aliphatic heterocycles. The summed E-state index contributed by atoms with van der Waals surface area (Å²) in [6.07, 6.45) is 3.33. The molecule has 0 spiro atoms. The number of nitrogens with one attached hydrogen (secondary N) is 3. The molecule has 0 fully saturated rings. The molecule has 0 saturated heterocycles. The van der Waals surface area contributed by atoms with Crippen LogP contribution in [0.15, 0.2) is 52.1 Å². The van der Waals surface area contributed by atoms with Gasteiger partial charge >= 0.3 is 0 Å². The van der Waals surface area contributed by atoms with Crippen molar-refractivity contribution in [2.45, 2.75) is 40.2 Å². The predicted molar refractivity (Wildman–Crippen MR) is 121 cm³/mol. The number of aliphatic hydroxyl groups is 1. The summed E-state index contributed by atoms with van der Waals surface area (Å²) in [5, 5.41) is 18.8. The van der Waals surface area contributed by atoms with Crippen molar-refractivity contribution < 1.29 is 14.3 Å². The van der Waals surface area contributed by atoms with Crippen LogP contribution in [0.3, 0.4) is 0 Å². The van der Waals surface area contributed by atoms with Crippen LogP contribution in [-0.4, -0.2) is 36.7 Å². The highest BCUT2D eigenvalue weighted by atomic mass is 16.3. The van der Waals surface area contributed by atoms with Crippen molar-refractivity contribution in [2.24, 2.45) is 16.8 Å². The number of hydrogen-bond acceptors (Lipinski definition) is 4. The Bertz CT molecular complexity index is 770. The molecule has 1 unspecified atom stereocenters. The van der Waals surface area contributed by atoms with Crippen molar-refractivity contribution in [1.29, 1.82) is 0 Å². The van der Waals surface area contributed by atoms with Crippen LogP contribution < -0.4 is 16.0 Å². The van der Waals surface area contributed by atoms with Gasteiger partial charge in [-0.15, -0.1) is 0 Å². The second-order valence-electron chi connectivity index (χ2n) is 7.71. The molecule has 0 bridgehead atoms. The number of aliphatic hydroxyl groups excluding tert-OH is 1. The molecule has 1 heterocycles. The molecule has 7 nitrogen and oxygen atoms in total. The molecule has 1 atom stereocenters. The Kier molecular flexibility index (Phi) is 9.94. The standard InChI is InChI=1S/C23H34N4O3/c1-4-24-23(26-16-19(11-12-28)14-17(2)3)25-15-18-7-9-20(10-8-18)27-22(29)21-6-5-13-30-21/h5-10,13,17,19,28H,4,11-12,14-16H2,1-3H3,(H,27,29)(H2,24,25,26). The fourth-order valence-corrected chi connectivity index (χ4v) is 3.20. The Labute approximate surface area is 179 Å².